The van der Waals surface area contributed by atoms with E-state index >= 15 is 0 Å². The summed E-state index contributed by atoms with van der Waals surface area (Å²) in [5, 5.41) is 3.06. The van der Waals surface area contributed by atoms with Gasteiger partial charge in [-0.2, -0.15) is 0 Å². The van der Waals surface area contributed by atoms with Gasteiger partial charge in [0.05, 0.1) is 0 Å². The fourth-order valence-corrected chi connectivity index (χ4v) is 3.56. The Hall–Kier alpha value is -1.96. The van der Waals surface area contributed by atoms with Gasteiger partial charge in [0.15, 0.2) is 0 Å². The second-order valence-electron chi connectivity index (χ2n) is 7.89. The molecule has 2 nitrogen and oxygen atoms in total. The molecule has 0 aliphatic rings. The molecule has 0 bridgehead atoms. The first-order valence-electron chi connectivity index (χ1n) is 11.1. The highest BCUT2D eigenvalue weighted by Gasteiger charge is 2.19. The molecule has 156 valence electrons. The molecule has 1 N–H and O–H groups in total. The molecule has 1 unspecified atom stereocenters. The number of rotatable bonds is 14. The molecule has 0 spiro atoms. The van der Waals surface area contributed by atoms with Crippen molar-refractivity contribution in [1.82, 2.24) is 5.32 Å². The zero-order chi connectivity index (χ0) is 20.9. The van der Waals surface area contributed by atoms with Gasteiger partial charge < -0.3 is 10.2 Å². The van der Waals surface area contributed by atoms with E-state index < -0.39 is 0 Å². The van der Waals surface area contributed by atoms with Crippen molar-refractivity contribution in [3.8, 4) is 0 Å². The topological polar surface area (TPSA) is 15.3 Å². The monoisotopic (exact) mass is 382 g/mol. The Kier molecular flexibility index (Phi) is 11.4. The van der Waals surface area contributed by atoms with Crippen molar-refractivity contribution in [3.63, 3.8) is 0 Å². The van der Waals surface area contributed by atoms with E-state index in [1.807, 2.05) is 13.1 Å². The lowest BCUT2D eigenvalue weighted by molar-refractivity contribution is 0.571. The molecule has 0 radical (unpaired) electrons. The van der Waals surface area contributed by atoms with Gasteiger partial charge in [0, 0.05) is 30.2 Å². The molecule has 0 saturated carbocycles. The summed E-state index contributed by atoms with van der Waals surface area (Å²) in [6.45, 7) is 17.5. The van der Waals surface area contributed by atoms with E-state index in [-0.39, 0.29) is 0 Å². The smallest absolute Gasteiger partial charge is 0.0440 e. The number of hydrogen-bond acceptors (Lipinski definition) is 2. The minimum atomic E-state index is 0.475. The van der Waals surface area contributed by atoms with Crippen molar-refractivity contribution in [2.24, 2.45) is 0 Å². The normalized spacial score (nSPS) is 12.2. The fourth-order valence-electron chi connectivity index (χ4n) is 3.56. The molecule has 0 saturated heterocycles. The molecular formula is C26H42N2. The molecule has 1 rings (SSSR count). The van der Waals surface area contributed by atoms with Crippen LogP contribution in [0.25, 0.3) is 6.08 Å². The average Bonchev–Trinajstić information content (AvgIpc) is 2.69. The van der Waals surface area contributed by atoms with Crippen LogP contribution in [0.5, 0.6) is 0 Å². The first-order chi connectivity index (χ1) is 13.4. The number of anilines is 1. The van der Waals surface area contributed by atoms with Gasteiger partial charge in [-0.3, -0.25) is 0 Å². The third-order valence-corrected chi connectivity index (χ3v) is 5.35. The maximum atomic E-state index is 4.48. The van der Waals surface area contributed by atoms with Gasteiger partial charge in [-0.15, -0.1) is 0 Å². The van der Waals surface area contributed by atoms with Gasteiger partial charge in [-0.1, -0.05) is 71.3 Å². The number of unbranched alkanes of at least 4 members (excludes halogenated alkanes) is 4. The summed E-state index contributed by atoms with van der Waals surface area (Å²) in [5.74, 6) is 0. The van der Waals surface area contributed by atoms with E-state index in [4.69, 9.17) is 0 Å². The van der Waals surface area contributed by atoms with Crippen molar-refractivity contribution >= 4 is 11.8 Å². The number of likely N-dealkylation sites (N-methyl/N-ethyl adjacent to an activating group) is 1. The lowest BCUT2D eigenvalue weighted by atomic mass is 10.0. The van der Waals surface area contributed by atoms with Crippen LogP contribution in [0.2, 0.25) is 0 Å². The highest BCUT2D eigenvalue weighted by atomic mass is 15.2. The third kappa shape index (κ3) is 7.96. The summed E-state index contributed by atoms with van der Waals surface area (Å²) >= 11 is 0. The van der Waals surface area contributed by atoms with E-state index in [0.29, 0.717) is 6.04 Å². The largest absolute Gasteiger partial charge is 0.389 e. The van der Waals surface area contributed by atoms with Gasteiger partial charge in [0.25, 0.3) is 0 Å². The van der Waals surface area contributed by atoms with Crippen LogP contribution in [0.15, 0.2) is 48.8 Å². The first kappa shape index (κ1) is 24.1. The average molecular weight is 383 g/mol. The Labute approximate surface area is 174 Å². The standard InChI is InChI=1S/C26H42N2/c1-8-10-12-13-15-24(6)28(23(5)14-11-9-2)26-19-18-25(20-21(26)3)17-16-22(4)27-7/h16-20,23,27H,4,6,8-15H2,1-3,5,7H3/b17-16+. The summed E-state index contributed by atoms with van der Waals surface area (Å²) in [6, 6.07) is 7.20. The Morgan fingerprint density at radius 2 is 1.82 bits per heavy atom. The minimum Gasteiger partial charge on any atom is -0.389 e. The summed E-state index contributed by atoms with van der Waals surface area (Å²) < 4.78 is 0. The van der Waals surface area contributed by atoms with E-state index in [2.05, 4.69) is 75.3 Å². The molecular weight excluding hydrogens is 340 g/mol. The molecule has 0 aromatic heterocycles. The molecule has 0 amide bonds. The molecule has 28 heavy (non-hydrogen) atoms. The summed E-state index contributed by atoms with van der Waals surface area (Å²) in [4.78, 5) is 2.50. The predicted molar refractivity (Wildman–Crippen MR) is 128 cm³/mol. The number of nitrogens with zero attached hydrogens (tertiary/aromatic N) is 1. The van der Waals surface area contributed by atoms with Crippen molar-refractivity contribution in [1.29, 1.82) is 0 Å². The SMILES string of the molecule is C=C(/C=C/c1ccc(N(C(=C)CCCCCC)C(C)CCCC)c(C)c1)NC. The fraction of sp³-hybridized carbons (Fsp3) is 0.538. The summed E-state index contributed by atoms with van der Waals surface area (Å²) in [7, 11) is 1.89. The van der Waals surface area contributed by atoms with Crippen LogP contribution in [-0.4, -0.2) is 13.1 Å². The molecule has 0 fully saturated rings. The zero-order valence-corrected chi connectivity index (χ0v) is 19.0. The number of hydrogen-bond donors (Lipinski definition) is 1. The molecule has 0 heterocycles. The van der Waals surface area contributed by atoms with E-state index in [9.17, 15) is 0 Å². The highest BCUT2D eigenvalue weighted by molar-refractivity contribution is 5.64. The van der Waals surface area contributed by atoms with Crippen molar-refractivity contribution in [2.75, 3.05) is 11.9 Å². The maximum Gasteiger partial charge on any atom is 0.0440 e. The lowest BCUT2D eigenvalue weighted by Crippen LogP contribution is -2.32. The van der Waals surface area contributed by atoms with Crippen LogP contribution in [-0.2, 0) is 0 Å². The minimum absolute atomic E-state index is 0.475. The van der Waals surface area contributed by atoms with E-state index in [1.165, 1.54) is 67.5 Å². The number of allylic oxidation sites excluding steroid dienone is 2. The lowest BCUT2D eigenvalue weighted by Gasteiger charge is -2.34. The van der Waals surface area contributed by atoms with E-state index in [0.717, 1.165) is 12.1 Å². The van der Waals surface area contributed by atoms with Crippen molar-refractivity contribution in [3.05, 3.63) is 60.0 Å². The molecule has 1 aromatic rings. The number of nitrogens with one attached hydrogen (secondary N) is 1. The van der Waals surface area contributed by atoms with Gasteiger partial charge in [-0.25, -0.2) is 0 Å². The molecule has 2 heteroatoms. The van der Waals surface area contributed by atoms with Crippen LogP contribution in [0.3, 0.4) is 0 Å². The van der Waals surface area contributed by atoms with Gasteiger partial charge in [-0.05, 0) is 62.4 Å². The predicted octanol–water partition coefficient (Wildman–Crippen LogP) is 7.61. The van der Waals surface area contributed by atoms with Crippen LogP contribution >= 0.6 is 0 Å². The quantitative estimate of drug-likeness (QED) is 0.263. The Morgan fingerprint density at radius 1 is 1.11 bits per heavy atom. The Morgan fingerprint density at radius 3 is 2.43 bits per heavy atom. The maximum absolute atomic E-state index is 4.48. The first-order valence-corrected chi connectivity index (χ1v) is 11.1. The third-order valence-electron chi connectivity index (χ3n) is 5.35. The van der Waals surface area contributed by atoms with Crippen molar-refractivity contribution in [2.45, 2.75) is 85.1 Å². The molecule has 1 aromatic carbocycles. The number of benzene rings is 1. The van der Waals surface area contributed by atoms with Gasteiger partial charge in [0.2, 0.25) is 0 Å². The summed E-state index contributed by atoms with van der Waals surface area (Å²) in [5.41, 5.74) is 5.97. The Balaban J connectivity index is 3.03. The van der Waals surface area contributed by atoms with Gasteiger partial charge in [0.1, 0.15) is 0 Å². The van der Waals surface area contributed by atoms with Crippen LogP contribution in [0, 0.1) is 6.92 Å². The van der Waals surface area contributed by atoms with Crippen molar-refractivity contribution < 1.29 is 0 Å². The van der Waals surface area contributed by atoms with Crippen LogP contribution in [0.1, 0.15) is 83.3 Å². The highest BCUT2D eigenvalue weighted by Crippen LogP contribution is 2.30. The van der Waals surface area contributed by atoms with E-state index in [1.54, 1.807) is 0 Å². The summed E-state index contributed by atoms with van der Waals surface area (Å²) in [6.07, 6.45) is 14.0. The zero-order valence-electron chi connectivity index (χ0n) is 19.0. The van der Waals surface area contributed by atoms with Crippen LogP contribution in [0.4, 0.5) is 5.69 Å². The Bertz CT molecular complexity index is 642. The second-order valence-corrected chi connectivity index (χ2v) is 7.89. The van der Waals surface area contributed by atoms with Crippen LogP contribution < -0.4 is 10.2 Å². The molecule has 1 atom stereocenters. The second kappa shape index (κ2) is 13.3. The number of aryl methyl sites for hydroxylation is 1. The van der Waals surface area contributed by atoms with Gasteiger partial charge >= 0.3 is 0 Å². The molecule has 0 aliphatic carbocycles. The molecule has 0 aliphatic heterocycles.